The van der Waals surface area contributed by atoms with Gasteiger partial charge in [-0.25, -0.2) is 0 Å². The van der Waals surface area contributed by atoms with Crippen LogP contribution in [0.2, 0.25) is 0 Å². The lowest BCUT2D eigenvalue weighted by Crippen LogP contribution is -2.33. The van der Waals surface area contributed by atoms with Crippen LogP contribution < -0.4 is 0 Å². The number of hydrogen-bond acceptors (Lipinski definition) is 3. The summed E-state index contributed by atoms with van der Waals surface area (Å²) in [5.41, 5.74) is -0.658. The third-order valence-electron chi connectivity index (χ3n) is 4.05. The van der Waals surface area contributed by atoms with Gasteiger partial charge in [0, 0.05) is 12.7 Å². The summed E-state index contributed by atoms with van der Waals surface area (Å²) >= 11 is 0. The Hall–Kier alpha value is -2.41. The number of alkyl halides is 3. The maximum Gasteiger partial charge on any atom is 0.416 e. The molecule has 2 atom stereocenters. The van der Waals surface area contributed by atoms with Crippen LogP contribution in [0, 0.1) is 0 Å². The molecule has 1 aromatic heterocycles. The van der Waals surface area contributed by atoms with Crippen molar-refractivity contribution in [2.45, 2.75) is 24.7 Å². The molecule has 0 saturated carbocycles. The number of aliphatic hydroxyl groups is 1. The number of aliphatic hydroxyl groups excluding tert-OH is 1. The van der Waals surface area contributed by atoms with E-state index in [1.807, 2.05) is 0 Å². The first kappa shape index (κ1) is 16.4. The standard InChI is InChI=1S/C17H15F3N2O2/c18-17(19,20)13-6-2-1-5-12(13)15-9-11(23)10-22(15)16(24)14-7-3-4-8-21-14/h1-8,11,15,23H,9-10H2/t11-,15-/m0/s1. The fraction of sp³-hybridized carbons (Fsp3) is 0.294. The molecule has 1 saturated heterocycles. The first-order valence-electron chi connectivity index (χ1n) is 7.44. The molecule has 0 bridgehead atoms. The highest BCUT2D eigenvalue weighted by atomic mass is 19.4. The lowest BCUT2D eigenvalue weighted by Gasteiger charge is -2.26. The van der Waals surface area contributed by atoms with Crippen LogP contribution >= 0.6 is 0 Å². The van der Waals surface area contributed by atoms with E-state index in [4.69, 9.17) is 0 Å². The van der Waals surface area contributed by atoms with E-state index in [-0.39, 0.29) is 24.2 Å². The topological polar surface area (TPSA) is 53.4 Å². The van der Waals surface area contributed by atoms with Crippen molar-refractivity contribution >= 4 is 5.91 Å². The number of amides is 1. The molecule has 1 N–H and O–H groups in total. The number of rotatable bonds is 2. The molecule has 0 aliphatic carbocycles. The van der Waals surface area contributed by atoms with Crippen LogP contribution in [0.5, 0.6) is 0 Å². The van der Waals surface area contributed by atoms with Crippen LogP contribution in [0.25, 0.3) is 0 Å². The third kappa shape index (κ3) is 3.12. The molecule has 2 aromatic rings. The van der Waals surface area contributed by atoms with Crippen LogP contribution in [0.3, 0.4) is 0 Å². The monoisotopic (exact) mass is 336 g/mol. The zero-order valence-corrected chi connectivity index (χ0v) is 12.6. The van der Waals surface area contributed by atoms with Crippen molar-refractivity contribution in [3.63, 3.8) is 0 Å². The maximum absolute atomic E-state index is 13.3. The molecular weight excluding hydrogens is 321 g/mol. The van der Waals surface area contributed by atoms with Crippen LogP contribution in [-0.4, -0.2) is 33.5 Å². The number of pyridine rings is 1. The number of likely N-dealkylation sites (tertiary alicyclic amines) is 1. The third-order valence-corrected chi connectivity index (χ3v) is 4.05. The summed E-state index contributed by atoms with van der Waals surface area (Å²) in [5, 5.41) is 9.93. The van der Waals surface area contributed by atoms with E-state index < -0.39 is 29.8 Å². The predicted molar refractivity (Wildman–Crippen MR) is 80.1 cm³/mol. The second-order valence-corrected chi connectivity index (χ2v) is 5.66. The molecular formula is C17H15F3N2O2. The molecule has 1 aromatic carbocycles. The first-order valence-corrected chi connectivity index (χ1v) is 7.44. The van der Waals surface area contributed by atoms with Gasteiger partial charge in [0.25, 0.3) is 5.91 Å². The largest absolute Gasteiger partial charge is 0.416 e. The van der Waals surface area contributed by atoms with Gasteiger partial charge in [0.1, 0.15) is 5.69 Å². The van der Waals surface area contributed by atoms with Gasteiger partial charge in [-0.3, -0.25) is 9.78 Å². The Kier molecular flexibility index (Phi) is 4.28. The van der Waals surface area contributed by atoms with Crippen molar-refractivity contribution in [3.05, 3.63) is 65.5 Å². The maximum atomic E-state index is 13.3. The Morgan fingerprint density at radius 3 is 2.54 bits per heavy atom. The summed E-state index contributed by atoms with van der Waals surface area (Å²) < 4.78 is 39.8. The predicted octanol–water partition coefficient (Wildman–Crippen LogP) is 3.05. The normalized spacial score (nSPS) is 21.1. The van der Waals surface area contributed by atoms with Crippen LogP contribution in [0.1, 0.15) is 34.1 Å². The molecule has 1 fully saturated rings. The van der Waals surface area contributed by atoms with Crippen molar-refractivity contribution in [2.75, 3.05) is 6.54 Å². The number of halogens is 3. The van der Waals surface area contributed by atoms with E-state index in [1.165, 1.54) is 35.4 Å². The Morgan fingerprint density at radius 1 is 1.17 bits per heavy atom. The fourth-order valence-electron chi connectivity index (χ4n) is 3.02. The van der Waals surface area contributed by atoms with Crippen molar-refractivity contribution in [3.8, 4) is 0 Å². The van der Waals surface area contributed by atoms with Crippen molar-refractivity contribution < 1.29 is 23.1 Å². The zero-order valence-electron chi connectivity index (χ0n) is 12.6. The molecule has 2 heterocycles. The van der Waals surface area contributed by atoms with E-state index in [0.29, 0.717) is 0 Å². The summed E-state index contributed by atoms with van der Waals surface area (Å²) in [6.07, 6.45) is -3.89. The van der Waals surface area contributed by atoms with Crippen LogP contribution in [0.4, 0.5) is 13.2 Å². The highest BCUT2D eigenvalue weighted by molar-refractivity contribution is 5.92. The van der Waals surface area contributed by atoms with E-state index in [0.717, 1.165) is 6.07 Å². The SMILES string of the molecule is O=C(c1ccccn1)N1C[C@@H](O)C[C@H]1c1ccccc1C(F)(F)F. The fourth-order valence-corrected chi connectivity index (χ4v) is 3.02. The zero-order chi connectivity index (χ0) is 17.3. The number of aromatic nitrogens is 1. The highest BCUT2D eigenvalue weighted by Crippen LogP contribution is 2.40. The van der Waals surface area contributed by atoms with Gasteiger partial charge in [-0.1, -0.05) is 24.3 Å². The molecule has 24 heavy (non-hydrogen) atoms. The molecule has 3 rings (SSSR count). The van der Waals surface area contributed by atoms with Crippen LogP contribution in [0.15, 0.2) is 48.7 Å². The minimum atomic E-state index is -4.52. The van der Waals surface area contributed by atoms with Gasteiger partial charge >= 0.3 is 6.18 Å². The molecule has 4 nitrogen and oxygen atoms in total. The summed E-state index contributed by atoms with van der Waals surface area (Å²) in [6.45, 7) is -0.0216. The lowest BCUT2D eigenvalue weighted by molar-refractivity contribution is -0.138. The Bertz CT molecular complexity index is 734. The van der Waals surface area contributed by atoms with E-state index >= 15 is 0 Å². The first-order chi connectivity index (χ1) is 11.4. The van der Waals surface area contributed by atoms with Crippen molar-refractivity contribution in [1.82, 2.24) is 9.88 Å². The number of benzene rings is 1. The summed E-state index contributed by atoms with van der Waals surface area (Å²) in [5.74, 6) is -0.492. The minimum absolute atomic E-state index is 0.00849. The average molecular weight is 336 g/mol. The molecule has 1 aliphatic rings. The Morgan fingerprint density at radius 2 is 1.88 bits per heavy atom. The number of carbonyl (C=O) groups excluding carboxylic acids is 1. The molecule has 1 aliphatic heterocycles. The van der Waals surface area contributed by atoms with Gasteiger partial charge in [0.05, 0.1) is 17.7 Å². The Labute approximate surface area is 136 Å². The van der Waals surface area contributed by atoms with Crippen molar-refractivity contribution in [1.29, 1.82) is 0 Å². The molecule has 7 heteroatoms. The summed E-state index contributed by atoms with van der Waals surface area (Å²) in [7, 11) is 0. The summed E-state index contributed by atoms with van der Waals surface area (Å²) in [4.78, 5) is 17.8. The molecule has 1 amide bonds. The van der Waals surface area contributed by atoms with Crippen molar-refractivity contribution in [2.24, 2.45) is 0 Å². The quantitative estimate of drug-likeness (QED) is 0.917. The molecule has 0 radical (unpaired) electrons. The van der Waals surface area contributed by atoms with Gasteiger partial charge in [0.15, 0.2) is 0 Å². The highest BCUT2D eigenvalue weighted by Gasteiger charge is 2.41. The number of nitrogens with zero attached hydrogens (tertiary/aromatic N) is 2. The number of hydrogen-bond donors (Lipinski definition) is 1. The Balaban J connectivity index is 1.99. The smallest absolute Gasteiger partial charge is 0.391 e. The van der Waals surface area contributed by atoms with Gasteiger partial charge in [0.2, 0.25) is 0 Å². The minimum Gasteiger partial charge on any atom is -0.391 e. The lowest BCUT2D eigenvalue weighted by atomic mass is 9.97. The van der Waals surface area contributed by atoms with Crippen LogP contribution in [-0.2, 0) is 6.18 Å². The van der Waals surface area contributed by atoms with Gasteiger partial charge < -0.3 is 10.0 Å². The summed E-state index contributed by atoms with van der Waals surface area (Å²) in [6, 6.07) is 9.08. The van der Waals surface area contributed by atoms with Gasteiger partial charge in [-0.2, -0.15) is 13.2 Å². The molecule has 0 unspecified atom stereocenters. The van der Waals surface area contributed by atoms with E-state index in [2.05, 4.69) is 4.98 Å². The number of β-amino-alcohol motifs (C(OH)–C–C–N with tert-alkyl or cyclic N) is 1. The molecule has 126 valence electrons. The second-order valence-electron chi connectivity index (χ2n) is 5.66. The van der Waals surface area contributed by atoms with Gasteiger partial charge in [-0.05, 0) is 30.2 Å². The molecule has 0 spiro atoms. The van der Waals surface area contributed by atoms with Gasteiger partial charge in [-0.15, -0.1) is 0 Å². The second kappa shape index (κ2) is 6.24. The number of carbonyl (C=O) groups is 1. The average Bonchev–Trinajstić information content (AvgIpc) is 2.96. The van der Waals surface area contributed by atoms with E-state index in [9.17, 15) is 23.1 Å². The van der Waals surface area contributed by atoms with E-state index in [1.54, 1.807) is 12.1 Å².